The van der Waals surface area contributed by atoms with Crippen molar-refractivity contribution in [1.82, 2.24) is 4.90 Å². The molecular formula is C26H23BCl2N2O8. The molecule has 0 bridgehead atoms. The molecule has 3 fully saturated rings. The quantitative estimate of drug-likeness (QED) is 0.209. The van der Waals surface area contributed by atoms with Gasteiger partial charge in [-0.05, 0) is 48.5 Å². The van der Waals surface area contributed by atoms with Crippen molar-refractivity contribution in [2.75, 3.05) is 11.9 Å². The zero-order valence-electron chi connectivity index (χ0n) is 20.6. The summed E-state index contributed by atoms with van der Waals surface area (Å²) < 4.78 is 5.82. The number of furan rings is 1. The highest BCUT2D eigenvalue weighted by Crippen LogP contribution is 2.65. The van der Waals surface area contributed by atoms with Crippen LogP contribution in [0, 0.1) is 17.8 Å². The summed E-state index contributed by atoms with van der Waals surface area (Å²) in [5.74, 6) is -5.38. The molecule has 6 rings (SSSR count). The molecule has 4 aliphatic rings. The van der Waals surface area contributed by atoms with Crippen LogP contribution in [0.2, 0.25) is 0 Å². The van der Waals surface area contributed by atoms with Crippen molar-refractivity contribution in [3.63, 3.8) is 0 Å². The lowest BCUT2D eigenvalue weighted by atomic mass is 9.57. The van der Waals surface area contributed by atoms with Crippen LogP contribution in [0.3, 0.4) is 0 Å². The summed E-state index contributed by atoms with van der Waals surface area (Å²) >= 11 is 14.1. The van der Waals surface area contributed by atoms with Crippen molar-refractivity contribution in [3.8, 4) is 0 Å². The summed E-state index contributed by atoms with van der Waals surface area (Å²) in [6.07, 6.45) is 1.79. The van der Waals surface area contributed by atoms with E-state index >= 15 is 0 Å². The summed E-state index contributed by atoms with van der Waals surface area (Å²) in [4.78, 5) is 52.4. The Bertz CT molecular complexity index is 1480. The molecule has 1 aromatic carbocycles. The van der Waals surface area contributed by atoms with Crippen LogP contribution in [0.15, 0.2) is 52.5 Å². The maximum Gasteiger partial charge on any atom is 0.488 e. The molecule has 1 aromatic heterocycles. The third-order valence-corrected chi connectivity index (χ3v) is 9.98. The Labute approximate surface area is 232 Å². The van der Waals surface area contributed by atoms with E-state index in [1.54, 1.807) is 12.1 Å². The molecule has 2 aliphatic heterocycles. The number of allylic oxidation sites excluding steroid dienone is 2. The van der Waals surface area contributed by atoms with Gasteiger partial charge in [-0.15, -0.1) is 23.2 Å². The van der Waals surface area contributed by atoms with Crippen molar-refractivity contribution in [2.24, 2.45) is 17.8 Å². The molecule has 39 heavy (non-hydrogen) atoms. The van der Waals surface area contributed by atoms with Gasteiger partial charge >= 0.3 is 7.12 Å². The number of carbonyl (C=O) groups excluding carboxylic acids is 4. The number of halogens is 2. The first-order valence-corrected chi connectivity index (χ1v) is 13.1. The predicted molar refractivity (Wildman–Crippen MR) is 139 cm³/mol. The maximum atomic E-state index is 13.9. The fourth-order valence-corrected chi connectivity index (χ4v) is 7.77. The first-order chi connectivity index (χ1) is 18.5. The van der Waals surface area contributed by atoms with Crippen LogP contribution in [0.4, 0.5) is 5.69 Å². The Morgan fingerprint density at radius 2 is 1.79 bits per heavy atom. The van der Waals surface area contributed by atoms with E-state index in [1.807, 2.05) is 0 Å². The highest BCUT2D eigenvalue weighted by atomic mass is 35.5. The SMILES string of the molecule is CN1C(=O)C2(Cl)CC3C(=CCC4C(=O)N(c5cccc(B(O)O)c5)C(=O)C43)C(c3ccc(CO)o3)C2(Cl)C1=O. The Morgan fingerprint density at radius 1 is 1.05 bits per heavy atom. The summed E-state index contributed by atoms with van der Waals surface area (Å²) in [6, 6.07) is 8.94. The van der Waals surface area contributed by atoms with Crippen LogP contribution in [0.5, 0.6) is 0 Å². The number of anilines is 1. The molecule has 2 aromatic rings. The van der Waals surface area contributed by atoms with E-state index in [1.165, 1.54) is 37.4 Å². The zero-order valence-corrected chi connectivity index (χ0v) is 22.1. The lowest BCUT2D eigenvalue weighted by Gasteiger charge is -2.49. The smallest absolute Gasteiger partial charge is 0.463 e. The van der Waals surface area contributed by atoms with E-state index in [-0.39, 0.29) is 35.5 Å². The van der Waals surface area contributed by atoms with E-state index in [9.17, 15) is 34.3 Å². The first-order valence-electron chi connectivity index (χ1n) is 12.4. The largest absolute Gasteiger partial charge is 0.488 e. The third-order valence-electron chi connectivity index (χ3n) is 8.56. The van der Waals surface area contributed by atoms with Crippen molar-refractivity contribution in [2.45, 2.75) is 35.1 Å². The molecule has 4 amide bonds. The number of imide groups is 2. The number of aliphatic hydroxyl groups is 1. The van der Waals surface area contributed by atoms with Crippen LogP contribution >= 0.6 is 23.2 Å². The molecule has 3 heterocycles. The van der Waals surface area contributed by atoms with Gasteiger partial charge in [0.2, 0.25) is 11.8 Å². The molecular weight excluding hydrogens is 550 g/mol. The molecule has 2 aliphatic carbocycles. The van der Waals surface area contributed by atoms with Crippen molar-refractivity contribution >= 4 is 65.1 Å². The number of nitrogens with zero attached hydrogens (tertiary/aromatic N) is 2. The van der Waals surface area contributed by atoms with Crippen LogP contribution in [-0.2, 0) is 25.8 Å². The highest BCUT2D eigenvalue weighted by Gasteiger charge is 2.76. The van der Waals surface area contributed by atoms with Gasteiger partial charge < -0.3 is 19.6 Å². The van der Waals surface area contributed by atoms with Crippen LogP contribution in [0.1, 0.15) is 30.3 Å². The standard InChI is InChI=1S/C26H23BCl2N2O8/c1-30-23(35)25(28)10-17-15(20(26(25,29)24(30)36)18-8-5-14(11-32)39-18)6-7-16-19(17)22(34)31(21(16)33)13-4-2-3-12(9-13)27(37)38/h2-6,8-9,16-17,19-20,32,37-38H,7,10-11H2,1H3. The number of carbonyl (C=O) groups is 4. The number of fused-ring (bicyclic) bond motifs is 4. The second-order valence-corrected chi connectivity index (χ2v) is 11.7. The van der Waals surface area contributed by atoms with Gasteiger partial charge in [-0.1, -0.05) is 23.8 Å². The molecule has 2 saturated heterocycles. The minimum Gasteiger partial charge on any atom is -0.463 e. The van der Waals surface area contributed by atoms with Gasteiger partial charge in [-0.3, -0.25) is 29.0 Å². The zero-order chi connectivity index (χ0) is 28.0. The molecule has 3 N–H and O–H groups in total. The summed E-state index contributed by atoms with van der Waals surface area (Å²) in [5.41, 5.74) is 0.874. The minimum atomic E-state index is -1.96. The van der Waals surface area contributed by atoms with Gasteiger partial charge in [0, 0.05) is 7.05 Å². The second kappa shape index (κ2) is 8.77. The summed E-state index contributed by atoms with van der Waals surface area (Å²) in [5, 5.41) is 28.8. The number of hydrogen-bond donors (Lipinski definition) is 3. The van der Waals surface area contributed by atoms with Gasteiger partial charge in [0.15, 0.2) is 9.75 Å². The molecule has 0 radical (unpaired) electrons. The number of alkyl halides is 2. The molecule has 0 spiro atoms. The monoisotopic (exact) mass is 572 g/mol. The van der Waals surface area contributed by atoms with E-state index in [0.717, 1.165) is 9.80 Å². The summed E-state index contributed by atoms with van der Waals surface area (Å²) in [7, 11) is -0.495. The number of rotatable bonds is 4. The second-order valence-electron chi connectivity index (χ2n) is 10.4. The van der Waals surface area contributed by atoms with E-state index < -0.39 is 70.8 Å². The Morgan fingerprint density at radius 3 is 2.46 bits per heavy atom. The van der Waals surface area contributed by atoms with Crippen molar-refractivity contribution < 1.29 is 38.7 Å². The van der Waals surface area contributed by atoms with Crippen LogP contribution in [0.25, 0.3) is 0 Å². The van der Waals surface area contributed by atoms with Gasteiger partial charge in [-0.2, -0.15) is 0 Å². The number of hydrogen-bond acceptors (Lipinski definition) is 8. The van der Waals surface area contributed by atoms with Crippen molar-refractivity contribution in [3.05, 3.63) is 59.6 Å². The van der Waals surface area contributed by atoms with Gasteiger partial charge in [0.25, 0.3) is 11.8 Å². The first kappa shape index (κ1) is 26.3. The lowest BCUT2D eigenvalue weighted by molar-refractivity contribution is -0.138. The van der Waals surface area contributed by atoms with Gasteiger partial charge in [0.05, 0.1) is 23.4 Å². The Kier molecular flexibility index (Phi) is 5.91. The highest BCUT2D eigenvalue weighted by molar-refractivity contribution is 6.58. The molecule has 1 saturated carbocycles. The van der Waals surface area contributed by atoms with Crippen LogP contribution < -0.4 is 10.4 Å². The number of aliphatic hydroxyl groups excluding tert-OH is 1. The van der Waals surface area contributed by atoms with E-state index in [2.05, 4.69) is 0 Å². The minimum absolute atomic E-state index is 0.113. The normalized spacial score (nSPS) is 33.7. The molecule has 202 valence electrons. The maximum absolute atomic E-state index is 13.9. The number of benzene rings is 1. The molecule has 13 heteroatoms. The van der Waals surface area contributed by atoms with E-state index in [4.69, 9.17) is 27.6 Å². The topological polar surface area (TPSA) is 149 Å². The molecule has 10 nitrogen and oxygen atoms in total. The average molecular weight is 573 g/mol. The van der Waals surface area contributed by atoms with Crippen LogP contribution in [-0.4, -0.2) is 67.6 Å². The van der Waals surface area contributed by atoms with Gasteiger partial charge in [-0.25, -0.2) is 0 Å². The Balaban J connectivity index is 1.48. The average Bonchev–Trinajstić information content (AvgIpc) is 3.53. The fraction of sp³-hybridized carbons (Fsp3) is 0.385. The van der Waals surface area contributed by atoms with Gasteiger partial charge in [0.1, 0.15) is 18.1 Å². The third kappa shape index (κ3) is 3.34. The van der Waals surface area contributed by atoms with E-state index in [0.29, 0.717) is 5.57 Å². The molecule has 6 unspecified atom stereocenters. The molecule has 6 atom stereocenters. The number of amides is 4. The lowest BCUT2D eigenvalue weighted by Crippen LogP contribution is -2.60. The fourth-order valence-electron chi connectivity index (χ4n) is 6.77. The predicted octanol–water partition coefficient (Wildman–Crippen LogP) is 0.645. The number of likely N-dealkylation sites (tertiary alicyclic amines) is 1. The summed E-state index contributed by atoms with van der Waals surface area (Å²) in [6.45, 7) is -0.405. The van der Waals surface area contributed by atoms with Crippen molar-refractivity contribution in [1.29, 1.82) is 0 Å². The Hall–Kier alpha value is -2.96.